The molecule has 1 aromatic carbocycles. The van der Waals surface area contributed by atoms with Crippen LogP contribution in [0.5, 0.6) is 17.2 Å². The van der Waals surface area contributed by atoms with Crippen molar-refractivity contribution in [2.45, 2.75) is 183 Å². The number of hydrogen-bond donors (Lipinski definition) is 5. The number of aliphatic hydroxyl groups is 5. The number of benzene rings is 1. The maximum atomic E-state index is 14.5. The summed E-state index contributed by atoms with van der Waals surface area (Å²) in [5, 5.41) is 57.3. The molecule has 17 unspecified atom stereocenters. The monoisotopic (exact) mass is 1380 g/mol. The van der Waals surface area contributed by atoms with Gasteiger partial charge >= 0.3 is 5.97 Å². The molecule has 0 saturated carbocycles. The lowest BCUT2D eigenvalue weighted by molar-refractivity contribution is -0.345. The van der Waals surface area contributed by atoms with E-state index in [2.05, 4.69) is 30.6 Å². The topological polar surface area (TPSA) is 272 Å². The van der Waals surface area contributed by atoms with Crippen LogP contribution in [0, 0.1) is 46.0 Å². The van der Waals surface area contributed by atoms with Crippen molar-refractivity contribution in [3.05, 3.63) is 49.6 Å². The molecule has 19 atom stereocenters. The summed E-state index contributed by atoms with van der Waals surface area (Å²) in [4.78, 5) is 41.9. The SMILES string of the molecule is CCCC1COC(OC2C(O[C@@]3(C)C#C/C=C\C#C[C@]4(O)CC(=O)C(CC(=O)OC)=C3/C4=C\CSSSC)OC(C)C(COC3CC(O)C(SC(=O)c4c(C)c(I)c(OC5OC(C)C(O)C(OC)C5O)c(OC)c4OC)C(C)O3)C2O)CC1OC. The van der Waals surface area contributed by atoms with Gasteiger partial charge in [0, 0.05) is 61.4 Å². The van der Waals surface area contributed by atoms with Gasteiger partial charge in [-0.25, -0.2) is 0 Å². The van der Waals surface area contributed by atoms with Crippen LogP contribution in [0.4, 0.5) is 0 Å². The molecular formula is C59H79IO21S4. The number of aliphatic hydroxyl groups excluding tert-OH is 4. The molecule has 2 aliphatic carbocycles. The van der Waals surface area contributed by atoms with Crippen molar-refractivity contribution in [3.8, 4) is 40.9 Å². The summed E-state index contributed by atoms with van der Waals surface area (Å²) in [7, 11) is 11.5. The van der Waals surface area contributed by atoms with E-state index in [1.54, 1.807) is 47.8 Å². The van der Waals surface area contributed by atoms with Crippen LogP contribution in [-0.2, 0) is 57.0 Å². The smallest absolute Gasteiger partial charge is 0.310 e. The Morgan fingerprint density at radius 1 is 0.871 bits per heavy atom. The molecule has 4 saturated heterocycles. The maximum Gasteiger partial charge on any atom is 0.310 e. The third kappa shape index (κ3) is 15.9. The molecule has 4 aliphatic heterocycles. The summed E-state index contributed by atoms with van der Waals surface area (Å²) in [6.07, 6.45) is -6.96. The Bertz CT molecular complexity index is 2750. The first-order chi connectivity index (χ1) is 40.5. The van der Waals surface area contributed by atoms with Gasteiger partial charge < -0.3 is 87.1 Å². The van der Waals surface area contributed by atoms with Crippen LogP contribution >= 0.6 is 65.8 Å². The molecule has 0 amide bonds. The minimum absolute atomic E-state index is 0.00696. The molecule has 0 aromatic heterocycles. The van der Waals surface area contributed by atoms with E-state index in [1.165, 1.54) is 72.0 Å². The van der Waals surface area contributed by atoms with E-state index in [0.29, 0.717) is 27.9 Å². The van der Waals surface area contributed by atoms with Crippen molar-refractivity contribution in [3.63, 3.8) is 0 Å². The van der Waals surface area contributed by atoms with Crippen LogP contribution in [0.15, 0.2) is 34.9 Å². The molecule has 0 radical (unpaired) electrons. The standard InChI is InChI=1S/C59H79IO21S4/c1-13-18-33-27-74-42(25-39(33)69-7)79-52-47(65)35(30(3)77-57(52)81-58(6)20-16-14-15-17-21-59(68)26-38(62)34(23-40(63)70-8)44(58)36(59)19-22-83-85-82-12)28-75-41-24-37(61)54(32(5)76-41)84-55(67)43-29(2)45(60)50(53(73-11)49(43)71-9)80-56-48(66)51(72-10)46(64)31(4)78-56/h14-15,19,30-33,35,37,39,41-42,46-48,51-52,54,56-57,61,64-66,68H,13,18,22-28H2,1-12H3/b15-14-,36-19+/t30?,31?,32?,33?,35?,37?,39?,41?,42?,46?,47?,48?,51?,52?,54?,56?,57?,58-,59-/m0/s1. The number of fused-ring (bicyclic) bond motifs is 2. The zero-order valence-corrected chi connectivity index (χ0v) is 55.1. The van der Waals surface area contributed by atoms with E-state index in [9.17, 15) is 39.9 Å². The lowest BCUT2D eigenvalue weighted by Gasteiger charge is -2.48. The Morgan fingerprint density at radius 2 is 1.58 bits per heavy atom. The van der Waals surface area contributed by atoms with Gasteiger partial charge in [-0.2, -0.15) is 0 Å². The summed E-state index contributed by atoms with van der Waals surface area (Å²) < 4.78 is 80.0. The number of halogens is 1. The van der Waals surface area contributed by atoms with E-state index in [1.807, 2.05) is 28.8 Å². The Hall–Kier alpha value is -2.66. The number of methoxy groups -OCH3 is 5. The predicted molar refractivity (Wildman–Crippen MR) is 328 cm³/mol. The summed E-state index contributed by atoms with van der Waals surface area (Å²) in [6, 6.07) is 0. The van der Waals surface area contributed by atoms with Crippen LogP contribution in [0.3, 0.4) is 0 Å². The molecule has 5 N–H and O–H groups in total. The highest BCUT2D eigenvalue weighted by molar-refractivity contribution is 14.1. The number of carbonyl (C=O) groups is 3. The molecule has 6 aliphatic rings. The van der Waals surface area contributed by atoms with Gasteiger partial charge in [0.25, 0.3) is 0 Å². The molecule has 1 aromatic rings. The predicted octanol–water partition coefficient (Wildman–Crippen LogP) is 6.02. The minimum Gasteiger partial charge on any atom is -0.492 e. The maximum absolute atomic E-state index is 14.5. The lowest BCUT2D eigenvalue weighted by Crippen LogP contribution is -2.60. The van der Waals surface area contributed by atoms with Crippen LogP contribution in [0.1, 0.15) is 89.1 Å². The van der Waals surface area contributed by atoms with Crippen LogP contribution < -0.4 is 14.2 Å². The first-order valence-electron chi connectivity index (χ1n) is 28.0. The molecule has 7 rings (SSSR count). The fourth-order valence-corrected chi connectivity index (χ4v) is 15.7. The molecule has 21 nitrogen and oxygen atoms in total. The quantitative estimate of drug-likeness (QED) is 0.0276. The number of allylic oxidation sites excluding steroid dienone is 2. The van der Waals surface area contributed by atoms with Crippen molar-refractivity contribution < 1.29 is 101 Å². The molecule has 0 spiro atoms. The third-order valence-electron chi connectivity index (χ3n) is 16.0. The van der Waals surface area contributed by atoms with Gasteiger partial charge in [0.15, 0.2) is 47.4 Å². The van der Waals surface area contributed by atoms with Crippen LogP contribution in [0.25, 0.3) is 0 Å². The summed E-state index contributed by atoms with van der Waals surface area (Å²) >= 11 is 2.87. The van der Waals surface area contributed by atoms with Gasteiger partial charge in [-0.1, -0.05) is 76.5 Å². The van der Waals surface area contributed by atoms with E-state index >= 15 is 0 Å². The molecular weight excluding hydrogens is 1300 g/mol. The van der Waals surface area contributed by atoms with Crippen LogP contribution in [-0.4, -0.2) is 206 Å². The summed E-state index contributed by atoms with van der Waals surface area (Å²) in [6.45, 7) is 10.6. The van der Waals surface area contributed by atoms with Crippen molar-refractivity contribution >= 4 is 82.6 Å². The Labute approximate surface area is 526 Å². The van der Waals surface area contributed by atoms with Gasteiger partial charge in [0.2, 0.25) is 17.2 Å². The highest BCUT2D eigenvalue weighted by Gasteiger charge is 2.54. The van der Waals surface area contributed by atoms with Crippen molar-refractivity contribution in [2.75, 3.05) is 60.8 Å². The molecule has 472 valence electrons. The van der Waals surface area contributed by atoms with Gasteiger partial charge in [-0.3, -0.25) is 14.4 Å². The lowest BCUT2D eigenvalue weighted by atomic mass is 9.69. The second-order valence-electron chi connectivity index (χ2n) is 21.5. The first kappa shape index (κ1) is 69.8. The number of thioether (sulfide) groups is 1. The summed E-state index contributed by atoms with van der Waals surface area (Å²) in [5.74, 6) is 10.4. The largest absolute Gasteiger partial charge is 0.492 e. The molecule has 2 bridgehead atoms. The van der Waals surface area contributed by atoms with Crippen molar-refractivity contribution in [1.82, 2.24) is 0 Å². The zero-order valence-electron chi connectivity index (χ0n) is 49.7. The third-order valence-corrected chi connectivity index (χ3v) is 22.4. The normalized spacial score (nSPS) is 36.6. The fraction of sp³-hybridized carbons (Fsp3) is 0.678. The average molecular weight is 1380 g/mol. The van der Waals surface area contributed by atoms with E-state index in [-0.39, 0.29) is 64.6 Å². The average Bonchev–Trinajstić information content (AvgIpc) is 1.61. The number of hydrogen-bond acceptors (Lipinski definition) is 25. The fourth-order valence-electron chi connectivity index (χ4n) is 11.5. The van der Waals surface area contributed by atoms with E-state index < -0.39 is 132 Å². The number of ketones is 1. The van der Waals surface area contributed by atoms with Gasteiger partial charge in [0.05, 0.1) is 98.4 Å². The molecule has 85 heavy (non-hydrogen) atoms. The molecule has 4 fully saturated rings. The Morgan fingerprint density at radius 3 is 2.22 bits per heavy atom. The van der Waals surface area contributed by atoms with Gasteiger partial charge in [-0.15, -0.1) is 0 Å². The van der Waals surface area contributed by atoms with E-state index in [0.717, 1.165) is 24.6 Å². The van der Waals surface area contributed by atoms with E-state index in [4.69, 9.17) is 61.6 Å². The van der Waals surface area contributed by atoms with Gasteiger partial charge in [-0.05, 0) is 97.4 Å². The van der Waals surface area contributed by atoms with Gasteiger partial charge in [0.1, 0.15) is 24.4 Å². The summed E-state index contributed by atoms with van der Waals surface area (Å²) in [5.41, 5.74) is -2.95. The molecule has 26 heteroatoms. The number of rotatable bonds is 23. The number of carbonyl (C=O) groups excluding carboxylic acids is 3. The Balaban J connectivity index is 1.13. The number of esters is 1. The highest BCUT2D eigenvalue weighted by atomic mass is 127. The number of Topliss-reactive ketones (excluding diaryl/α,β-unsaturated/α-hetero) is 1. The number of ether oxygens (including phenoxy) is 13. The first-order valence-corrected chi connectivity index (χ1v) is 34.0. The highest BCUT2D eigenvalue weighted by Crippen LogP contribution is 2.50. The minimum atomic E-state index is -2.02. The zero-order chi connectivity index (χ0) is 62.1. The van der Waals surface area contributed by atoms with Crippen molar-refractivity contribution in [2.24, 2.45) is 11.8 Å². The molecule has 4 heterocycles. The second-order valence-corrected chi connectivity index (χ2v) is 28.1. The van der Waals surface area contributed by atoms with Crippen molar-refractivity contribution in [1.29, 1.82) is 0 Å². The Kier molecular flexibility index (Phi) is 25.8. The van der Waals surface area contributed by atoms with Crippen LogP contribution in [0.2, 0.25) is 0 Å². The second kappa shape index (κ2) is 31.4.